The van der Waals surface area contributed by atoms with E-state index in [0.717, 1.165) is 0 Å². The lowest BCUT2D eigenvalue weighted by Gasteiger charge is -2.08. The van der Waals surface area contributed by atoms with Crippen LogP contribution in [0.3, 0.4) is 0 Å². The molecule has 2 rings (SSSR count). The van der Waals surface area contributed by atoms with Crippen LogP contribution in [-0.4, -0.2) is 18.5 Å². The first-order chi connectivity index (χ1) is 8.88. The van der Waals surface area contributed by atoms with Gasteiger partial charge in [-0.25, -0.2) is 13.4 Å². The molecule has 0 saturated carbocycles. The van der Waals surface area contributed by atoms with Crippen LogP contribution >= 0.6 is 0 Å². The second kappa shape index (κ2) is 4.77. The lowest BCUT2D eigenvalue weighted by atomic mass is 10.3. The summed E-state index contributed by atoms with van der Waals surface area (Å²) < 4.78 is 26.5. The summed E-state index contributed by atoms with van der Waals surface area (Å²) in [4.78, 5) is 4.02. The molecule has 0 aliphatic carbocycles. The number of hydrogen-bond acceptors (Lipinski definition) is 5. The highest BCUT2D eigenvalue weighted by molar-refractivity contribution is 7.92. The number of hydrogen-bond donors (Lipinski definition) is 3. The van der Waals surface area contributed by atoms with Gasteiger partial charge >= 0.3 is 0 Å². The molecule has 100 valence electrons. The Hall–Kier alpha value is -2.28. The van der Waals surface area contributed by atoms with Crippen LogP contribution < -0.4 is 10.5 Å². The number of aromatic hydroxyl groups is 1. The molecule has 7 heteroatoms. The van der Waals surface area contributed by atoms with E-state index in [-0.39, 0.29) is 22.2 Å². The molecule has 1 aromatic carbocycles. The molecule has 0 unspecified atom stereocenters. The quantitative estimate of drug-likeness (QED) is 0.583. The van der Waals surface area contributed by atoms with Crippen LogP contribution in [0.4, 0.5) is 11.5 Å². The molecular weight excluding hydrogens is 266 g/mol. The number of phenols is 1. The van der Waals surface area contributed by atoms with Crippen LogP contribution in [-0.2, 0) is 10.0 Å². The van der Waals surface area contributed by atoms with Crippen molar-refractivity contribution in [3.8, 4) is 5.75 Å². The molecule has 4 N–H and O–H groups in total. The fraction of sp³-hybridized carbons (Fsp3) is 0.0833. The number of nitrogens with one attached hydrogen (secondary N) is 1. The van der Waals surface area contributed by atoms with E-state index in [1.165, 1.54) is 18.2 Å². The monoisotopic (exact) mass is 279 g/mol. The number of aryl methyl sites for hydroxylation is 1. The largest absolute Gasteiger partial charge is 0.506 e. The number of nitrogens with zero attached hydrogens (tertiary/aromatic N) is 1. The van der Waals surface area contributed by atoms with Crippen molar-refractivity contribution >= 4 is 21.5 Å². The van der Waals surface area contributed by atoms with Crippen LogP contribution in [0.5, 0.6) is 5.75 Å². The molecule has 1 aromatic heterocycles. The maximum Gasteiger partial charge on any atom is 0.263 e. The number of anilines is 2. The van der Waals surface area contributed by atoms with Crippen LogP contribution in [0.25, 0.3) is 0 Å². The molecule has 0 aliphatic rings. The smallest absolute Gasteiger partial charge is 0.263 e. The minimum atomic E-state index is -3.77. The Labute approximate surface area is 111 Å². The number of nitrogen functional groups attached to an aromatic ring is 1. The van der Waals surface area contributed by atoms with Crippen molar-refractivity contribution < 1.29 is 13.5 Å². The standard InChI is InChI=1S/C12H13N3O3S/c1-8-3-2-4-12(14-8)15-19(17,18)9-5-6-11(16)10(13)7-9/h2-7,16H,13H2,1H3,(H,14,15). The summed E-state index contributed by atoms with van der Waals surface area (Å²) in [5.41, 5.74) is 6.18. The summed E-state index contributed by atoms with van der Waals surface area (Å²) in [5, 5.41) is 9.28. The van der Waals surface area contributed by atoms with Gasteiger partial charge in [0.15, 0.2) is 0 Å². The molecule has 0 atom stereocenters. The Bertz CT molecular complexity index is 714. The number of benzene rings is 1. The summed E-state index contributed by atoms with van der Waals surface area (Å²) in [6.45, 7) is 1.76. The van der Waals surface area contributed by atoms with E-state index in [2.05, 4.69) is 9.71 Å². The Balaban J connectivity index is 2.35. The zero-order chi connectivity index (χ0) is 14.0. The summed E-state index contributed by atoms with van der Waals surface area (Å²) in [6, 6.07) is 8.70. The first-order valence-electron chi connectivity index (χ1n) is 5.43. The summed E-state index contributed by atoms with van der Waals surface area (Å²) in [7, 11) is -3.77. The second-order valence-electron chi connectivity index (χ2n) is 3.99. The SMILES string of the molecule is Cc1cccc(NS(=O)(=O)c2ccc(O)c(N)c2)n1. The van der Waals surface area contributed by atoms with Crippen LogP contribution in [0.15, 0.2) is 41.3 Å². The normalized spacial score (nSPS) is 11.2. The molecule has 0 aliphatic heterocycles. The number of nitrogens with two attached hydrogens (primary N) is 1. The van der Waals surface area contributed by atoms with E-state index in [0.29, 0.717) is 5.69 Å². The molecule has 0 bridgehead atoms. The third-order valence-electron chi connectivity index (χ3n) is 2.44. The van der Waals surface area contributed by atoms with Crippen molar-refractivity contribution in [1.29, 1.82) is 0 Å². The maximum absolute atomic E-state index is 12.1. The third kappa shape index (κ3) is 2.94. The molecule has 19 heavy (non-hydrogen) atoms. The molecular formula is C12H13N3O3S. The molecule has 0 fully saturated rings. The Kier molecular flexibility index (Phi) is 3.30. The first kappa shape index (κ1) is 13.2. The molecule has 0 spiro atoms. The van der Waals surface area contributed by atoms with Gasteiger partial charge in [0.25, 0.3) is 10.0 Å². The molecule has 1 heterocycles. The maximum atomic E-state index is 12.1. The van der Waals surface area contributed by atoms with Crippen LogP contribution in [0.1, 0.15) is 5.69 Å². The van der Waals surface area contributed by atoms with Gasteiger partial charge in [0.1, 0.15) is 11.6 Å². The van der Waals surface area contributed by atoms with Gasteiger partial charge in [0.2, 0.25) is 0 Å². The summed E-state index contributed by atoms with van der Waals surface area (Å²) >= 11 is 0. The van der Waals surface area contributed by atoms with E-state index in [9.17, 15) is 13.5 Å². The van der Waals surface area contributed by atoms with Gasteiger partial charge in [0.05, 0.1) is 10.6 Å². The number of rotatable bonds is 3. The highest BCUT2D eigenvalue weighted by atomic mass is 32.2. The van der Waals surface area contributed by atoms with Gasteiger partial charge in [-0.15, -0.1) is 0 Å². The van der Waals surface area contributed by atoms with Gasteiger partial charge in [-0.2, -0.15) is 0 Å². The van der Waals surface area contributed by atoms with Gasteiger partial charge in [-0.3, -0.25) is 4.72 Å². The van der Waals surface area contributed by atoms with E-state index in [4.69, 9.17) is 5.73 Å². The number of aromatic nitrogens is 1. The second-order valence-corrected chi connectivity index (χ2v) is 5.67. The number of sulfonamides is 1. The van der Waals surface area contributed by atoms with Crippen molar-refractivity contribution in [1.82, 2.24) is 4.98 Å². The van der Waals surface area contributed by atoms with Crippen molar-refractivity contribution in [3.63, 3.8) is 0 Å². The number of phenolic OH excluding ortho intramolecular Hbond substituents is 1. The van der Waals surface area contributed by atoms with Crippen molar-refractivity contribution in [2.45, 2.75) is 11.8 Å². The minimum absolute atomic E-state index is 0.0000708. The van der Waals surface area contributed by atoms with E-state index in [1.54, 1.807) is 25.1 Å². The van der Waals surface area contributed by atoms with E-state index >= 15 is 0 Å². The topological polar surface area (TPSA) is 105 Å². The molecule has 6 nitrogen and oxygen atoms in total. The molecule has 0 saturated heterocycles. The van der Waals surface area contributed by atoms with Crippen molar-refractivity contribution in [2.24, 2.45) is 0 Å². The van der Waals surface area contributed by atoms with E-state index in [1.807, 2.05) is 0 Å². The average Bonchev–Trinajstić information content (AvgIpc) is 2.32. The average molecular weight is 279 g/mol. The highest BCUT2D eigenvalue weighted by Crippen LogP contribution is 2.24. The molecule has 0 amide bonds. The number of pyridine rings is 1. The summed E-state index contributed by atoms with van der Waals surface area (Å²) in [5.74, 6) is 0.0688. The molecule has 0 radical (unpaired) electrons. The predicted octanol–water partition coefficient (Wildman–Crippen LogP) is 1.48. The Morgan fingerprint density at radius 3 is 2.63 bits per heavy atom. The van der Waals surface area contributed by atoms with Gasteiger partial charge in [0, 0.05) is 5.69 Å². The zero-order valence-electron chi connectivity index (χ0n) is 10.2. The zero-order valence-corrected chi connectivity index (χ0v) is 11.0. The van der Waals surface area contributed by atoms with E-state index < -0.39 is 10.0 Å². The van der Waals surface area contributed by atoms with Gasteiger partial charge < -0.3 is 10.8 Å². The lowest BCUT2D eigenvalue weighted by Crippen LogP contribution is -2.14. The first-order valence-corrected chi connectivity index (χ1v) is 6.92. The fourth-order valence-corrected chi connectivity index (χ4v) is 2.53. The lowest BCUT2D eigenvalue weighted by molar-refractivity contribution is 0.477. The van der Waals surface area contributed by atoms with Gasteiger partial charge in [-0.1, -0.05) is 6.07 Å². The summed E-state index contributed by atoms with van der Waals surface area (Å²) in [6.07, 6.45) is 0. The Morgan fingerprint density at radius 2 is 2.00 bits per heavy atom. The fourth-order valence-electron chi connectivity index (χ4n) is 1.50. The third-order valence-corrected chi connectivity index (χ3v) is 3.79. The van der Waals surface area contributed by atoms with Crippen LogP contribution in [0, 0.1) is 6.92 Å². The predicted molar refractivity (Wildman–Crippen MR) is 72.3 cm³/mol. The van der Waals surface area contributed by atoms with Crippen molar-refractivity contribution in [2.75, 3.05) is 10.5 Å². The Morgan fingerprint density at radius 1 is 1.26 bits per heavy atom. The highest BCUT2D eigenvalue weighted by Gasteiger charge is 2.16. The van der Waals surface area contributed by atoms with Crippen molar-refractivity contribution in [3.05, 3.63) is 42.1 Å². The van der Waals surface area contributed by atoms with Gasteiger partial charge in [-0.05, 0) is 37.3 Å². The minimum Gasteiger partial charge on any atom is -0.506 e. The molecule has 2 aromatic rings. The van der Waals surface area contributed by atoms with Crippen LogP contribution in [0.2, 0.25) is 0 Å².